The number of aryl methyl sites for hydroxylation is 3. The minimum atomic E-state index is -0.456. The molecule has 0 atom stereocenters. The first-order chi connectivity index (χ1) is 10.9. The van der Waals surface area contributed by atoms with E-state index >= 15 is 0 Å². The molecule has 0 radical (unpaired) electrons. The predicted octanol–water partition coefficient (Wildman–Crippen LogP) is 3.10. The molecule has 23 heavy (non-hydrogen) atoms. The number of nitrogens with one attached hydrogen (secondary N) is 1. The number of nitrogens with zero attached hydrogens (tertiary/aromatic N) is 3. The second kappa shape index (κ2) is 6.67. The fraction of sp³-hybridized carbons (Fsp3) is 0.235. The number of rotatable bonds is 3. The quantitative estimate of drug-likeness (QED) is 0.695. The Morgan fingerprint density at radius 1 is 1.39 bits per heavy atom. The molecule has 0 aliphatic carbocycles. The molecule has 0 saturated heterocycles. The van der Waals surface area contributed by atoms with Gasteiger partial charge in [-0.2, -0.15) is 10.4 Å². The van der Waals surface area contributed by atoms with Gasteiger partial charge in [0.05, 0.1) is 11.4 Å². The van der Waals surface area contributed by atoms with Crippen LogP contribution in [0.15, 0.2) is 23.8 Å². The average molecular weight is 329 g/mol. The van der Waals surface area contributed by atoms with Crippen LogP contribution in [0.5, 0.6) is 0 Å². The van der Waals surface area contributed by atoms with Gasteiger partial charge in [-0.25, -0.2) is 4.68 Å². The first kappa shape index (κ1) is 16.8. The first-order valence-corrected chi connectivity index (χ1v) is 7.43. The Hall–Kier alpha value is -2.58. The predicted molar refractivity (Wildman–Crippen MR) is 90.4 cm³/mol. The summed E-state index contributed by atoms with van der Waals surface area (Å²) in [6.45, 7) is 5.76. The Morgan fingerprint density at radius 2 is 2.09 bits per heavy atom. The second-order valence-electron chi connectivity index (χ2n) is 5.24. The van der Waals surface area contributed by atoms with Crippen LogP contribution >= 0.6 is 11.6 Å². The summed E-state index contributed by atoms with van der Waals surface area (Å²) >= 11 is 6.45. The summed E-state index contributed by atoms with van der Waals surface area (Å²) in [5.74, 6) is -0.456. The number of hydrogen-bond acceptors (Lipinski definition) is 3. The van der Waals surface area contributed by atoms with E-state index in [9.17, 15) is 4.79 Å². The largest absolute Gasteiger partial charge is 0.354 e. The molecular weight excluding hydrogens is 312 g/mol. The fourth-order valence-corrected chi connectivity index (χ4v) is 2.53. The molecule has 1 aromatic carbocycles. The third kappa shape index (κ3) is 3.27. The third-order valence-electron chi connectivity index (χ3n) is 3.52. The summed E-state index contributed by atoms with van der Waals surface area (Å²) in [6, 6.07) is 7.89. The number of benzene rings is 1. The van der Waals surface area contributed by atoms with E-state index in [-0.39, 0.29) is 5.57 Å². The van der Waals surface area contributed by atoms with Crippen LogP contribution in [0, 0.1) is 32.1 Å². The Bertz CT molecular complexity index is 843. The normalized spacial score (nSPS) is 11.2. The minimum Gasteiger partial charge on any atom is -0.354 e. The second-order valence-corrected chi connectivity index (χ2v) is 5.60. The molecule has 0 aliphatic rings. The van der Waals surface area contributed by atoms with E-state index in [4.69, 9.17) is 16.9 Å². The van der Waals surface area contributed by atoms with Gasteiger partial charge in [-0.15, -0.1) is 0 Å². The van der Waals surface area contributed by atoms with Crippen molar-refractivity contribution in [3.8, 4) is 11.8 Å². The molecule has 0 aliphatic heterocycles. The molecule has 1 heterocycles. The zero-order valence-electron chi connectivity index (χ0n) is 13.4. The maximum absolute atomic E-state index is 11.7. The van der Waals surface area contributed by atoms with E-state index in [1.165, 1.54) is 13.1 Å². The van der Waals surface area contributed by atoms with Crippen molar-refractivity contribution in [3.05, 3.63) is 51.3 Å². The summed E-state index contributed by atoms with van der Waals surface area (Å²) in [7, 11) is 1.47. The van der Waals surface area contributed by atoms with E-state index < -0.39 is 5.91 Å². The molecular formula is C17H17ClN4O. The molecule has 1 N–H and O–H groups in total. The van der Waals surface area contributed by atoms with Gasteiger partial charge in [0.25, 0.3) is 5.91 Å². The summed E-state index contributed by atoms with van der Waals surface area (Å²) < 4.78 is 1.63. The van der Waals surface area contributed by atoms with Crippen LogP contribution in [0.3, 0.4) is 0 Å². The van der Waals surface area contributed by atoms with Crippen molar-refractivity contribution < 1.29 is 4.79 Å². The van der Waals surface area contributed by atoms with Crippen LogP contribution in [0.2, 0.25) is 5.15 Å². The highest BCUT2D eigenvalue weighted by Gasteiger charge is 2.17. The van der Waals surface area contributed by atoms with Gasteiger partial charge >= 0.3 is 0 Å². The molecule has 0 spiro atoms. The monoisotopic (exact) mass is 328 g/mol. The van der Waals surface area contributed by atoms with Crippen LogP contribution in [-0.2, 0) is 4.79 Å². The highest BCUT2D eigenvalue weighted by atomic mass is 35.5. The van der Waals surface area contributed by atoms with Gasteiger partial charge in [-0.3, -0.25) is 4.79 Å². The standard InChI is InChI=1S/C17H17ClN4O/c1-10-5-6-11(2)15(7-10)22-16(18)14(12(3)21-22)8-13(9-19)17(23)20-4/h5-8H,1-4H3,(H,20,23)/b13-8+. The van der Waals surface area contributed by atoms with Crippen LogP contribution in [0.1, 0.15) is 22.4 Å². The Kier molecular flexibility index (Phi) is 4.87. The fourth-order valence-electron chi connectivity index (χ4n) is 2.21. The van der Waals surface area contributed by atoms with Crippen LogP contribution in [0.25, 0.3) is 11.8 Å². The van der Waals surface area contributed by atoms with Crippen molar-refractivity contribution in [3.63, 3.8) is 0 Å². The number of nitriles is 1. The maximum Gasteiger partial charge on any atom is 0.261 e. The number of hydrogen-bond donors (Lipinski definition) is 1. The van der Waals surface area contributed by atoms with Crippen LogP contribution in [0.4, 0.5) is 0 Å². The van der Waals surface area contributed by atoms with Gasteiger partial charge in [0.15, 0.2) is 0 Å². The van der Waals surface area contributed by atoms with Crippen molar-refractivity contribution in [2.45, 2.75) is 20.8 Å². The third-order valence-corrected chi connectivity index (χ3v) is 3.89. The van der Waals surface area contributed by atoms with E-state index in [0.29, 0.717) is 16.4 Å². The molecule has 0 fully saturated rings. The average Bonchev–Trinajstić information content (AvgIpc) is 2.81. The molecule has 5 nitrogen and oxygen atoms in total. The number of carbonyl (C=O) groups excluding carboxylic acids is 1. The summed E-state index contributed by atoms with van der Waals surface area (Å²) in [5, 5.41) is 16.4. The lowest BCUT2D eigenvalue weighted by Gasteiger charge is -2.08. The van der Waals surface area contributed by atoms with Gasteiger partial charge in [0.1, 0.15) is 16.8 Å². The van der Waals surface area contributed by atoms with Gasteiger partial charge in [-0.05, 0) is 44.0 Å². The molecule has 6 heteroatoms. The number of likely N-dealkylation sites (N-methyl/N-ethyl adjacent to an activating group) is 1. The summed E-state index contributed by atoms with van der Waals surface area (Å²) in [4.78, 5) is 11.7. The lowest BCUT2D eigenvalue weighted by Crippen LogP contribution is -2.19. The van der Waals surface area contributed by atoms with E-state index in [1.54, 1.807) is 11.6 Å². The van der Waals surface area contributed by atoms with Gasteiger partial charge < -0.3 is 5.32 Å². The minimum absolute atomic E-state index is 0.0157. The molecule has 1 aromatic heterocycles. The number of carbonyl (C=O) groups is 1. The zero-order valence-corrected chi connectivity index (χ0v) is 14.2. The lowest BCUT2D eigenvalue weighted by atomic mass is 10.1. The smallest absolute Gasteiger partial charge is 0.261 e. The molecule has 0 saturated carbocycles. The molecule has 0 unspecified atom stereocenters. The van der Waals surface area contributed by atoms with Gasteiger partial charge in [0.2, 0.25) is 0 Å². The molecule has 118 valence electrons. The SMILES string of the molecule is CNC(=O)/C(C#N)=C/c1c(C)nn(-c2cc(C)ccc2C)c1Cl. The molecule has 0 bridgehead atoms. The highest BCUT2D eigenvalue weighted by molar-refractivity contribution is 6.31. The number of aromatic nitrogens is 2. The zero-order chi connectivity index (χ0) is 17.1. The number of amides is 1. The Balaban J connectivity index is 2.61. The van der Waals surface area contributed by atoms with Crippen molar-refractivity contribution in [2.24, 2.45) is 0 Å². The first-order valence-electron chi connectivity index (χ1n) is 7.05. The van der Waals surface area contributed by atoms with E-state index in [0.717, 1.165) is 16.8 Å². The maximum atomic E-state index is 11.7. The Morgan fingerprint density at radius 3 is 2.70 bits per heavy atom. The number of halogens is 1. The Labute approximate surface area is 140 Å². The van der Waals surface area contributed by atoms with E-state index in [1.807, 2.05) is 38.1 Å². The molecule has 2 rings (SSSR count). The van der Waals surface area contributed by atoms with Crippen molar-refractivity contribution in [1.82, 2.24) is 15.1 Å². The summed E-state index contributed by atoms with van der Waals surface area (Å²) in [5.41, 5.74) is 4.19. The lowest BCUT2D eigenvalue weighted by molar-refractivity contribution is -0.116. The van der Waals surface area contributed by atoms with Crippen LogP contribution < -0.4 is 5.32 Å². The van der Waals surface area contributed by atoms with Gasteiger partial charge in [-0.1, -0.05) is 23.7 Å². The van der Waals surface area contributed by atoms with Crippen molar-refractivity contribution in [2.75, 3.05) is 7.05 Å². The van der Waals surface area contributed by atoms with Crippen LogP contribution in [-0.4, -0.2) is 22.7 Å². The molecule has 1 amide bonds. The van der Waals surface area contributed by atoms with E-state index in [2.05, 4.69) is 10.4 Å². The van der Waals surface area contributed by atoms with Crippen molar-refractivity contribution >= 4 is 23.6 Å². The molecule has 2 aromatic rings. The van der Waals surface area contributed by atoms with Gasteiger partial charge in [0, 0.05) is 12.6 Å². The summed E-state index contributed by atoms with van der Waals surface area (Å²) in [6.07, 6.45) is 1.46. The topological polar surface area (TPSA) is 70.7 Å². The highest BCUT2D eigenvalue weighted by Crippen LogP contribution is 2.27. The van der Waals surface area contributed by atoms with Crippen molar-refractivity contribution in [1.29, 1.82) is 5.26 Å².